The zero-order chi connectivity index (χ0) is 25.5. The molecule has 0 unspecified atom stereocenters. The van der Waals surface area contributed by atoms with Gasteiger partial charge >= 0.3 is 6.09 Å². The average Bonchev–Trinajstić information content (AvgIpc) is 3.56. The largest absolute Gasteiger partial charge is 0.465 e. The number of benzene rings is 1. The van der Waals surface area contributed by atoms with E-state index in [0.717, 1.165) is 25.9 Å². The first-order chi connectivity index (χ1) is 18.0. The molecule has 1 aromatic carbocycles. The zero-order valence-electron chi connectivity index (χ0n) is 19.8. The lowest BCUT2D eigenvalue weighted by molar-refractivity contribution is -0.0660. The van der Waals surface area contributed by atoms with E-state index in [4.69, 9.17) is 4.74 Å². The molecule has 0 spiro atoms. The van der Waals surface area contributed by atoms with Gasteiger partial charge in [-0.1, -0.05) is 0 Å². The maximum absolute atomic E-state index is 15.9. The van der Waals surface area contributed by atoms with Gasteiger partial charge in [0.15, 0.2) is 23.0 Å². The van der Waals surface area contributed by atoms with Crippen molar-refractivity contribution in [2.75, 3.05) is 60.2 Å². The van der Waals surface area contributed by atoms with Crippen LogP contribution >= 0.6 is 0 Å². The smallest absolute Gasteiger partial charge is 0.409 e. The summed E-state index contributed by atoms with van der Waals surface area (Å²) in [4.78, 5) is 24.3. The van der Waals surface area contributed by atoms with Crippen LogP contribution in [0.3, 0.4) is 0 Å². The number of nitrogens with zero attached hydrogens (tertiary/aromatic N) is 7. The Hall–Kier alpha value is -4.22. The highest BCUT2D eigenvalue weighted by Crippen LogP contribution is 2.34. The fourth-order valence-corrected chi connectivity index (χ4v) is 4.54. The number of fused-ring (bicyclic) bond motifs is 1. The van der Waals surface area contributed by atoms with Crippen molar-refractivity contribution in [2.45, 2.75) is 24.9 Å². The molecule has 4 N–H and O–H groups in total. The van der Waals surface area contributed by atoms with E-state index in [2.05, 4.69) is 35.9 Å². The van der Waals surface area contributed by atoms with Gasteiger partial charge in [0.2, 0.25) is 5.95 Å². The van der Waals surface area contributed by atoms with Gasteiger partial charge < -0.3 is 25.4 Å². The van der Waals surface area contributed by atoms with Gasteiger partial charge in [0.05, 0.1) is 36.8 Å². The number of anilines is 5. The van der Waals surface area contributed by atoms with Gasteiger partial charge in [0, 0.05) is 37.9 Å². The molecular formula is C23H25FN10O3. The molecule has 1 aliphatic carbocycles. The molecule has 3 fully saturated rings. The number of aromatic nitrogens is 4. The fraction of sp³-hybridized carbons (Fsp3) is 0.435. The monoisotopic (exact) mass is 508 g/mol. The predicted octanol–water partition coefficient (Wildman–Crippen LogP) is 2.06. The van der Waals surface area contributed by atoms with Crippen molar-refractivity contribution in [2.24, 2.45) is 0 Å². The van der Waals surface area contributed by atoms with Crippen LogP contribution in [-0.4, -0.2) is 87.2 Å². The van der Waals surface area contributed by atoms with Crippen LogP contribution in [0.25, 0.3) is 5.65 Å². The van der Waals surface area contributed by atoms with E-state index in [0.29, 0.717) is 43.8 Å². The van der Waals surface area contributed by atoms with Crippen molar-refractivity contribution < 1.29 is 19.0 Å². The van der Waals surface area contributed by atoms with Crippen LogP contribution < -0.4 is 20.9 Å². The number of piperazine rings is 1. The molecule has 13 nitrogen and oxygen atoms in total. The van der Waals surface area contributed by atoms with Gasteiger partial charge in [-0.3, -0.25) is 10.2 Å². The van der Waals surface area contributed by atoms with Crippen molar-refractivity contribution in [3.8, 4) is 6.07 Å². The van der Waals surface area contributed by atoms with E-state index >= 15 is 4.39 Å². The molecule has 0 atom stereocenters. The summed E-state index contributed by atoms with van der Waals surface area (Å²) in [5.74, 6) is -0.0850. The highest BCUT2D eigenvalue weighted by atomic mass is 19.1. The summed E-state index contributed by atoms with van der Waals surface area (Å²) in [6, 6.07) is 5.54. The number of ether oxygens (including phenoxy) is 1. The molecule has 14 heteroatoms. The molecule has 3 aliphatic rings. The van der Waals surface area contributed by atoms with Crippen LogP contribution in [-0.2, 0) is 4.74 Å². The first-order valence-electron chi connectivity index (χ1n) is 12.1. The van der Waals surface area contributed by atoms with Crippen LogP contribution in [0.15, 0.2) is 18.3 Å². The average molecular weight is 509 g/mol. The molecule has 1 amide bonds. The minimum absolute atomic E-state index is 0.00594. The number of carboxylic acid groups (broad SMARTS) is 1. The molecule has 6 rings (SSSR count). The number of rotatable bonds is 7. The lowest BCUT2D eigenvalue weighted by atomic mass is 10.1. The molecular weight excluding hydrogens is 483 g/mol. The number of nitrogens with one attached hydrogen (secondary N) is 3. The van der Waals surface area contributed by atoms with Gasteiger partial charge in [-0.15, -0.1) is 5.10 Å². The Labute approximate surface area is 210 Å². The number of hydrogen-bond acceptors (Lipinski definition) is 10. The van der Waals surface area contributed by atoms with E-state index in [1.54, 1.807) is 0 Å². The van der Waals surface area contributed by atoms with Crippen LogP contribution in [0.4, 0.5) is 38.0 Å². The standard InChI is InChI=1S/C23H25FN10O3/c24-19-17(29-22-30-20(27-13-1-2-13)21-26-10-15(9-25)34(21)31-22)7-14(28-23(35)36)8-18(19)33-5-3-32(4-6-33)16-11-37-12-16/h7-8,10,13,16,28H,1-6,11-12H2,(H,35,36)(H2,27,29,30,31). The lowest BCUT2D eigenvalue weighted by Gasteiger charge is -2.43. The summed E-state index contributed by atoms with van der Waals surface area (Å²) < 4.78 is 22.5. The van der Waals surface area contributed by atoms with Crippen LogP contribution in [0.2, 0.25) is 0 Å². The Morgan fingerprint density at radius 1 is 1.22 bits per heavy atom. The second-order valence-corrected chi connectivity index (χ2v) is 9.32. The number of hydrogen-bond donors (Lipinski definition) is 4. The zero-order valence-corrected chi connectivity index (χ0v) is 19.8. The second kappa shape index (κ2) is 9.34. The SMILES string of the molecule is N#Cc1cnc2c(NC3CC3)nc(Nc3cc(NC(=O)O)cc(N4CCN(C5COC5)CC4)c3F)nn12. The topological polar surface area (TPSA) is 156 Å². The molecule has 1 saturated carbocycles. The maximum atomic E-state index is 15.9. The number of nitriles is 1. The Kier molecular flexibility index (Phi) is 5.85. The predicted molar refractivity (Wildman–Crippen MR) is 132 cm³/mol. The van der Waals surface area contributed by atoms with E-state index in [1.165, 1.54) is 22.8 Å². The Bertz CT molecular complexity index is 1390. The van der Waals surface area contributed by atoms with Gasteiger partial charge in [0.1, 0.15) is 6.07 Å². The third-order valence-electron chi connectivity index (χ3n) is 6.74. The lowest BCUT2D eigenvalue weighted by Crippen LogP contribution is -2.56. The van der Waals surface area contributed by atoms with Gasteiger partial charge in [0.25, 0.3) is 0 Å². The summed E-state index contributed by atoms with van der Waals surface area (Å²) in [7, 11) is 0. The normalized spacial score (nSPS) is 18.3. The van der Waals surface area contributed by atoms with E-state index in [-0.39, 0.29) is 34.7 Å². The van der Waals surface area contributed by atoms with Crippen molar-refractivity contribution in [1.82, 2.24) is 24.5 Å². The molecule has 192 valence electrons. The van der Waals surface area contributed by atoms with Crippen LogP contribution in [0.1, 0.15) is 18.5 Å². The third-order valence-corrected chi connectivity index (χ3v) is 6.74. The van der Waals surface area contributed by atoms with Gasteiger partial charge in [-0.2, -0.15) is 14.8 Å². The van der Waals surface area contributed by atoms with Crippen molar-refractivity contribution in [3.05, 3.63) is 29.8 Å². The highest BCUT2D eigenvalue weighted by Gasteiger charge is 2.30. The van der Waals surface area contributed by atoms with E-state index < -0.39 is 11.9 Å². The van der Waals surface area contributed by atoms with Gasteiger partial charge in [-0.25, -0.2) is 14.2 Å². The molecule has 0 bridgehead atoms. The van der Waals surface area contributed by atoms with Crippen molar-refractivity contribution in [1.29, 1.82) is 5.26 Å². The first kappa shape index (κ1) is 23.2. The third kappa shape index (κ3) is 4.66. The van der Waals surface area contributed by atoms with Crippen molar-refractivity contribution in [3.63, 3.8) is 0 Å². The minimum Gasteiger partial charge on any atom is -0.465 e. The molecule has 2 aliphatic heterocycles. The number of halogens is 1. The number of imidazole rings is 1. The second-order valence-electron chi connectivity index (χ2n) is 9.32. The van der Waals surface area contributed by atoms with Crippen LogP contribution in [0, 0.1) is 17.1 Å². The summed E-state index contributed by atoms with van der Waals surface area (Å²) in [5.41, 5.74) is 1.09. The summed E-state index contributed by atoms with van der Waals surface area (Å²) >= 11 is 0. The van der Waals surface area contributed by atoms with Crippen LogP contribution in [0.5, 0.6) is 0 Å². The molecule has 0 radical (unpaired) electrons. The molecule has 2 aromatic heterocycles. The quantitative estimate of drug-likeness (QED) is 0.370. The van der Waals surface area contributed by atoms with E-state index in [9.17, 15) is 15.2 Å². The number of amides is 1. The highest BCUT2D eigenvalue weighted by molar-refractivity contribution is 5.86. The number of carbonyl (C=O) groups is 1. The summed E-state index contributed by atoms with van der Waals surface area (Å²) in [5, 5.41) is 31.6. The molecule has 4 heterocycles. The first-order valence-corrected chi connectivity index (χ1v) is 12.1. The van der Waals surface area contributed by atoms with Crippen molar-refractivity contribution >= 4 is 40.6 Å². The Morgan fingerprint density at radius 3 is 2.65 bits per heavy atom. The minimum atomic E-state index is -1.26. The Morgan fingerprint density at radius 2 is 2.00 bits per heavy atom. The molecule has 37 heavy (non-hydrogen) atoms. The molecule has 2 saturated heterocycles. The molecule has 3 aromatic rings. The maximum Gasteiger partial charge on any atom is 0.409 e. The summed E-state index contributed by atoms with van der Waals surface area (Å²) in [6.07, 6.45) is 2.13. The Balaban J connectivity index is 1.33. The fourth-order valence-electron chi connectivity index (χ4n) is 4.54. The van der Waals surface area contributed by atoms with Gasteiger partial charge in [-0.05, 0) is 25.0 Å². The summed E-state index contributed by atoms with van der Waals surface area (Å²) in [6.45, 7) is 4.10. The van der Waals surface area contributed by atoms with E-state index in [1.807, 2.05) is 11.0 Å².